The van der Waals surface area contributed by atoms with Gasteiger partial charge in [0.1, 0.15) is 11.2 Å². The monoisotopic (exact) mass is 641 g/mol. The lowest BCUT2D eigenvalue weighted by molar-refractivity contribution is 0.672. The molecule has 0 radical (unpaired) electrons. The molecule has 0 saturated heterocycles. The van der Waals surface area contributed by atoms with Gasteiger partial charge in [-0.15, -0.1) is 0 Å². The second-order valence-corrected chi connectivity index (χ2v) is 12.6. The molecule has 0 unspecified atom stereocenters. The molecule has 0 aliphatic heterocycles. The van der Waals surface area contributed by atoms with Crippen molar-refractivity contribution in [3.8, 4) is 22.3 Å². The van der Waals surface area contributed by atoms with Crippen molar-refractivity contribution in [3.05, 3.63) is 188 Å². The van der Waals surface area contributed by atoms with Crippen molar-refractivity contribution in [3.63, 3.8) is 0 Å². The molecule has 0 fully saturated rings. The minimum Gasteiger partial charge on any atom is -0.455 e. The molecule has 0 spiro atoms. The van der Waals surface area contributed by atoms with Gasteiger partial charge >= 0.3 is 0 Å². The first-order valence-corrected chi connectivity index (χ1v) is 16.8. The zero-order chi connectivity index (χ0) is 36.5. The molecule has 0 saturated carbocycles. The maximum Gasteiger partial charge on any atom is 0.143 e. The van der Waals surface area contributed by atoms with Gasteiger partial charge in [-0.3, -0.25) is 0 Å². The highest BCUT2D eigenvalue weighted by Crippen LogP contribution is 2.45. The van der Waals surface area contributed by atoms with Crippen molar-refractivity contribution in [2.75, 3.05) is 4.90 Å². The largest absolute Gasteiger partial charge is 0.455 e. The predicted octanol–water partition coefficient (Wildman–Crippen LogP) is 13.8. The smallest absolute Gasteiger partial charge is 0.143 e. The molecule has 234 valence electrons. The Morgan fingerprint density at radius 2 is 1.00 bits per heavy atom. The van der Waals surface area contributed by atoms with E-state index in [1.54, 1.807) is 0 Å². The molecular weight excluding hydrogens is 607 g/mol. The van der Waals surface area contributed by atoms with Crippen LogP contribution in [0.5, 0.6) is 0 Å². The average molecular weight is 642 g/mol. The Hall–Kier alpha value is -6.64. The zero-order valence-electron chi connectivity index (χ0n) is 30.9. The fraction of sp³-hybridized carbons (Fsp3) is 0. The number of rotatable bonds is 5. The molecule has 0 aliphatic rings. The Labute approximate surface area is 295 Å². The number of nitrogens with zero attached hydrogens (tertiary/aromatic N) is 1. The van der Waals surface area contributed by atoms with E-state index in [0.29, 0.717) is 5.56 Å². The van der Waals surface area contributed by atoms with Gasteiger partial charge in [-0.2, -0.15) is 0 Å². The van der Waals surface area contributed by atoms with Crippen LogP contribution in [0.1, 0.15) is 5.48 Å². The first-order chi connectivity index (χ1) is 26.5. The van der Waals surface area contributed by atoms with Crippen LogP contribution in [0.2, 0.25) is 0 Å². The van der Waals surface area contributed by atoms with Crippen molar-refractivity contribution < 1.29 is 9.90 Å². The zero-order valence-corrected chi connectivity index (χ0v) is 26.9. The number of anilines is 3. The third-order valence-corrected chi connectivity index (χ3v) is 9.72. The topological polar surface area (TPSA) is 16.4 Å². The molecule has 10 rings (SSSR count). The third-order valence-electron chi connectivity index (χ3n) is 9.72. The Bertz CT molecular complexity index is 3090. The fourth-order valence-corrected chi connectivity index (χ4v) is 7.35. The summed E-state index contributed by atoms with van der Waals surface area (Å²) in [4.78, 5) is 1.91. The Balaban J connectivity index is 1.24. The summed E-state index contributed by atoms with van der Waals surface area (Å²) in [6.07, 6.45) is 0. The summed E-state index contributed by atoms with van der Waals surface area (Å²) in [7, 11) is 0. The number of para-hydroxylation sites is 1. The predicted molar refractivity (Wildman–Crippen MR) is 212 cm³/mol. The van der Waals surface area contributed by atoms with E-state index in [1.165, 1.54) is 0 Å². The minimum atomic E-state index is -0.121. The van der Waals surface area contributed by atoms with Crippen LogP contribution in [0.4, 0.5) is 17.1 Å². The van der Waals surface area contributed by atoms with Gasteiger partial charge in [0.15, 0.2) is 0 Å². The third kappa shape index (κ3) is 4.57. The Morgan fingerprint density at radius 1 is 0.400 bits per heavy atom. The van der Waals surface area contributed by atoms with Gasteiger partial charge in [0.2, 0.25) is 0 Å². The molecule has 9 aromatic carbocycles. The first-order valence-electron chi connectivity index (χ1n) is 18.8. The average Bonchev–Trinajstić information content (AvgIpc) is 3.60. The van der Waals surface area contributed by atoms with Crippen molar-refractivity contribution >= 4 is 71.3 Å². The highest BCUT2D eigenvalue weighted by atomic mass is 16.3. The van der Waals surface area contributed by atoms with Gasteiger partial charge in [0, 0.05) is 32.8 Å². The van der Waals surface area contributed by atoms with Crippen LogP contribution in [-0.4, -0.2) is 0 Å². The van der Waals surface area contributed by atoms with Crippen molar-refractivity contribution in [1.82, 2.24) is 0 Å². The summed E-state index contributed by atoms with van der Waals surface area (Å²) in [5.41, 5.74) is 6.05. The first kappa shape index (κ1) is 24.5. The van der Waals surface area contributed by atoms with E-state index in [1.807, 2.05) is 138 Å². The highest BCUT2D eigenvalue weighted by molar-refractivity contribution is 6.16. The summed E-state index contributed by atoms with van der Waals surface area (Å²) < 4.78 is 44.7. The number of furan rings is 1. The summed E-state index contributed by atoms with van der Waals surface area (Å²) in [6, 6.07) is 53.9. The molecule has 2 heteroatoms. The lowest BCUT2D eigenvalue weighted by Crippen LogP contribution is -2.11. The molecule has 2 nitrogen and oxygen atoms in total. The highest BCUT2D eigenvalue weighted by Gasteiger charge is 2.20. The normalized spacial score (nSPS) is 12.7. The van der Waals surface area contributed by atoms with Crippen molar-refractivity contribution in [1.29, 1.82) is 0 Å². The number of hydrogen-bond donors (Lipinski definition) is 0. The van der Waals surface area contributed by atoms with E-state index in [-0.39, 0.29) is 35.4 Å². The summed E-state index contributed by atoms with van der Waals surface area (Å²) in [5, 5.41) is 7.96. The van der Waals surface area contributed by atoms with Gasteiger partial charge in [0.25, 0.3) is 0 Å². The maximum atomic E-state index is 9.64. The second-order valence-electron chi connectivity index (χ2n) is 12.6. The number of benzene rings is 9. The van der Waals surface area contributed by atoms with Crippen LogP contribution in [-0.2, 0) is 0 Å². The fourth-order valence-electron chi connectivity index (χ4n) is 7.35. The molecule has 0 bridgehead atoms. The number of hydrogen-bond acceptors (Lipinski definition) is 2. The van der Waals surface area contributed by atoms with E-state index >= 15 is 0 Å². The van der Waals surface area contributed by atoms with E-state index in [4.69, 9.17) is 4.42 Å². The molecule has 0 atom stereocenters. The summed E-state index contributed by atoms with van der Waals surface area (Å²) >= 11 is 0. The summed E-state index contributed by atoms with van der Waals surface area (Å²) in [6.45, 7) is 0. The van der Waals surface area contributed by atoms with Crippen LogP contribution >= 0.6 is 0 Å². The molecule has 0 amide bonds. The quantitative estimate of drug-likeness (QED) is 0.186. The lowest BCUT2D eigenvalue weighted by Gasteiger charge is -2.29. The molecule has 1 heterocycles. The SMILES string of the molecule is [2H]c1c([2H])c(N(c2ccccc2-c2ccc3oc4c5ccccc5ccc4c3c2)c2cccc3ccccc23)c([2H])c([2H])c1-c1cccc2ccccc12. The van der Waals surface area contributed by atoms with E-state index < -0.39 is 0 Å². The van der Waals surface area contributed by atoms with Gasteiger partial charge in [0.05, 0.1) is 16.9 Å². The van der Waals surface area contributed by atoms with E-state index in [2.05, 4.69) is 30.3 Å². The van der Waals surface area contributed by atoms with Crippen molar-refractivity contribution in [2.45, 2.75) is 0 Å². The molecule has 50 heavy (non-hydrogen) atoms. The Morgan fingerprint density at radius 3 is 1.82 bits per heavy atom. The van der Waals surface area contributed by atoms with Gasteiger partial charge < -0.3 is 9.32 Å². The van der Waals surface area contributed by atoms with Crippen LogP contribution in [0.15, 0.2) is 192 Å². The molecule has 0 aliphatic carbocycles. The van der Waals surface area contributed by atoms with E-state index in [9.17, 15) is 5.48 Å². The maximum absolute atomic E-state index is 9.64. The van der Waals surface area contributed by atoms with Gasteiger partial charge in [-0.1, -0.05) is 146 Å². The minimum absolute atomic E-state index is 0.0939. The van der Waals surface area contributed by atoms with Gasteiger partial charge in [-0.25, -0.2) is 0 Å². The molecule has 1 aromatic heterocycles. The number of fused-ring (bicyclic) bond motifs is 7. The van der Waals surface area contributed by atoms with Crippen LogP contribution in [0, 0.1) is 0 Å². The van der Waals surface area contributed by atoms with Crippen LogP contribution in [0.25, 0.3) is 76.5 Å². The van der Waals surface area contributed by atoms with Crippen LogP contribution in [0.3, 0.4) is 0 Å². The molecule has 0 N–H and O–H groups in total. The molecule has 10 aromatic rings. The molecular formula is C48H31NO. The summed E-state index contributed by atoms with van der Waals surface area (Å²) in [5.74, 6) is 0. The van der Waals surface area contributed by atoms with Crippen LogP contribution < -0.4 is 4.90 Å². The lowest BCUT2D eigenvalue weighted by atomic mass is 9.97. The second kappa shape index (κ2) is 11.5. The van der Waals surface area contributed by atoms with Crippen molar-refractivity contribution in [2.24, 2.45) is 0 Å². The Kier molecular flexibility index (Phi) is 5.64. The standard InChI is InChI=1S/C48H31NO/c1-4-16-38-32(11-1)14-9-20-39(38)35-23-27-37(28-24-35)49(46-22-10-15-33-12-2-5-17-40(33)46)45-21-8-7-18-41(45)36-26-30-47-44(31-36)43-29-25-34-13-3-6-19-42(34)48(43)50-47/h1-31H/i23D,24D,27D,28D. The van der Waals surface area contributed by atoms with Gasteiger partial charge in [-0.05, 0) is 80.7 Å². The van der Waals surface area contributed by atoms with E-state index in [0.717, 1.165) is 76.8 Å².